The second-order valence-electron chi connectivity index (χ2n) is 9.33. The monoisotopic (exact) mass is 466 g/mol. The van der Waals surface area contributed by atoms with Crippen molar-refractivity contribution in [1.82, 2.24) is 0 Å². The van der Waals surface area contributed by atoms with E-state index in [1.165, 1.54) is 77.0 Å². The minimum Gasteiger partial charge on any atom is -0.493 e. The van der Waals surface area contributed by atoms with Crippen LogP contribution in [0.4, 0.5) is 0 Å². The summed E-state index contributed by atoms with van der Waals surface area (Å²) in [6.45, 7) is 5.12. The van der Waals surface area contributed by atoms with Crippen LogP contribution >= 0.6 is 0 Å². The lowest BCUT2D eigenvalue weighted by Gasteiger charge is -2.13. The maximum Gasteiger partial charge on any atom is 0.347 e. The number of para-hydroxylation sites is 2. The van der Waals surface area contributed by atoms with Gasteiger partial charge < -0.3 is 9.47 Å². The third kappa shape index (κ3) is 11.2. The summed E-state index contributed by atoms with van der Waals surface area (Å²) in [6, 6.07) is 15.3. The molecule has 0 bridgehead atoms. The topological polar surface area (TPSA) is 35.5 Å². The minimum absolute atomic E-state index is 0.345. The molecule has 2 rings (SSSR count). The standard InChI is InChI=1S/C31H46O3/c1-3-5-7-9-11-13-15-21-27-22-16-18-24-29(27)34-31(32)28-23-17-19-25-30(28)33-26-20-14-12-10-8-6-4-2/h16-19,22-25H,3-15,20-21,26H2,1-2H3. The van der Waals surface area contributed by atoms with Crippen LogP contribution in [0.15, 0.2) is 48.5 Å². The lowest BCUT2D eigenvalue weighted by molar-refractivity contribution is 0.0728. The van der Waals surface area contributed by atoms with Crippen LogP contribution < -0.4 is 9.47 Å². The van der Waals surface area contributed by atoms with Gasteiger partial charge in [0.05, 0.1) is 6.61 Å². The molecule has 0 aromatic heterocycles. The van der Waals surface area contributed by atoms with E-state index in [9.17, 15) is 4.79 Å². The summed E-state index contributed by atoms with van der Waals surface area (Å²) in [5, 5.41) is 0. The van der Waals surface area contributed by atoms with Gasteiger partial charge in [-0.1, -0.05) is 121 Å². The number of hydrogen-bond donors (Lipinski definition) is 0. The molecule has 0 unspecified atom stereocenters. The van der Waals surface area contributed by atoms with Crippen LogP contribution in [0, 0.1) is 0 Å². The fraction of sp³-hybridized carbons (Fsp3) is 0.581. The first-order chi connectivity index (χ1) is 16.8. The zero-order chi connectivity index (χ0) is 24.3. The maximum atomic E-state index is 13.0. The van der Waals surface area contributed by atoms with Gasteiger partial charge >= 0.3 is 5.97 Å². The second kappa shape index (κ2) is 18.1. The SMILES string of the molecule is CCCCCCCCCOc1ccccc1C(=O)Oc1ccccc1CCCCCCCCC. The average molecular weight is 467 g/mol. The van der Waals surface area contributed by atoms with Gasteiger partial charge in [0.1, 0.15) is 17.1 Å². The summed E-state index contributed by atoms with van der Waals surface area (Å²) < 4.78 is 11.8. The van der Waals surface area contributed by atoms with Gasteiger partial charge in [0, 0.05) is 0 Å². The van der Waals surface area contributed by atoms with E-state index >= 15 is 0 Å². The molecule has 0 aliphatic carbocycles. The quantitative estimate of drug-likeness (QED) is 0.117. The molecular formula is C31H46O3. The molecule has 188 valence electrons. The normalized spacial score (nSPS) is 10.9. The third-order valence-corrected chi connectivity index (χ3v) is 6.34. The van der Waals surface area contributed by atoms with Gasteiger partial charge in [0.15, 0.2) is 0 Å². The van der Waals surface area contributed by atoms with E-state index in [1.54, 1.807) is 6.07 Å². The molecular weight excluding hydrogens is 420 g/mol. The Hall–Kier alpha value is -2.29. The maximum absolute atomic E-state index is 13.0. The molecule has 0 aliphatic rings. The lowest BCUT2D eigenvalue weighted by atomic mass is 10.0. The number of benzene rings is 2. The largest absolute Gasteiger partial charge is 0.493 e. The summed E-state index contributed by atoms with van der Waals surface area (Å²) in [6.07, 6.45) is 18.5. The smallest absolute Gasteiger partial charge is 0.347 e. The highest BCUT2D eigenvalue weighted by atomic mass is 16.5. The highest BCUT2D eigenvalue weighted by Gasteiger charge is 2.16. The Balaban J connectivity index is 1.82. The van der Waals surface area contributed by atoms with Crippen molar-refractivity contribution in [3.63, 3.8) is 0 Å². The molecule has 0 atom stereocenters. The fourth-order valence-electron chi connectivity index (χ4n) is 4.24. The van der Waals surface area contributed by atoms with E-state index in [2.05, 4.69) is 19.9 Å². The molecule has 0 heterocycles. The summed E-state index contributed by atoms with van der Waals surface area (Å²) in [5.41, 5.74) is 1.60. The molecule has 0 saturated heterocycles. The Morgan fingerprint density at radius 1 is 0.618 bits per heavy atom. The molecule has 0 amide bonds. The molecule has 0 radical (unpaired) electrons. The molecule has 0 N–H and O–H groups in total. The highest BCUT2D eigenvalue weighted by molar-refractivity contribution is 5.94. The average Bonchev–Trinajstić information content (AvgIpc) is 2.86. The Morgan fingerprint density at radius 3 is 1.82 bits per heavy atom. The van der Waals surface area contributed by atoms with Gasteiger partial charge in [-0.3, -0.25) is 0 Å². The number of rotatable bonds is 19. The molecule has 3 nitrogen and oxygen atoms in total. The molecule has 0 aliphatic heterocycles. The van der Waals surface area contributed by atoms with Crippen LogP contribution in [0.1, 0.15) is 120 Å². The van der Waals surface area contributed by atoms with Gasteiger partial charge in [-0.15, -0.1) is 0 Å². The van der Waals surface area contributed by atoms with Crippen LogP contribution in [0.5, 0.6) is 11.5 Å². The van der Waals surface area contributed by atoms with Crippen molar-refractivity contribution in [3.05, 3.63) is 59.7 Å². The number of carbonyl (C=O) groups excluding carboxylic acids is 1. The van der Waals surface area contributed by atoms with Gasteiger partial charge in [-0.2, -0.15) is 0 Å². The Labute approximate surface area is 208 Å². The van der Waals surface area contributed by atoms with Crippen LogP contribution in [0.2, 0.25) is 0 Å². The number of ether oxygens (including phenoxy) is 2. The lowest BCUT2D eigenvalue weighted by Crippen LogP contribution is -2.12. The molecule has 34 heavy (non-hydrogen) atoms. The van der Waals surface area contributed by atoms with Crippen molar-refractivity contribution in [2.24, 2.45) is 0 Å². The number of aryl methyl sites for hydroxylation is 1. The second-order valence-corrected chi connectivity index (χ2v) is 9.33. The van der Waals surface area contributed by atoms with Crippen LogP contribution in [-0.4, -0.2) is 12.6 Å². The van der Waals surface area contributed by atoms with E-state index in [0.29, 0.717) is 23.7 Å². The molecule has 0 saturated carbocycles. The van der Waals surface area contributed by atoms with E-state index in [4.69, 9.17) is 9.47 Å². The van der Waals surface area contributed by atoms with E-state index < -0.39 is 0 Å². The first-order valence-corrected chi connectivity index (χ1v) is 13.8. The first kappa shape index (κ1) is 28.0. The number of esters is 1. The summed E-state index contributed by atoms with van der Waals surface area (Å²) in [5.74, 6) is 0.936. The van der Waals surface area contributed by atoms with Crippen molar-refractivity contribution in [2.75, 3.05) is 6.61 Å². The summed E-state index contributed by atoms with van der Waals surface area (Å²) in [7, 11) is 0. The number of carbonyl (C=O) groups is 1. The van der Waals surface area contributed by atoms with E-state index in [-0.39, 0.29) is 5.97 Å². The summed E-state index contributed by atoms with van der Waals surface area (Å²) in [4.78, 5) is 13.0. The zero-order valence-corrected chi connectivity index (χ0v) is 21.7. The van der Waals surface area contributed by atoms with Crippen molar-refractivity contribution < 1.29 is 14.3 Å². The van der Waals surface area contributed by atoms with Crippen molar-refractivity contribution in [2.45, 2.75) is 110 Å². The van der Waals surface area contributed by atoms with E-state index in [1.807, 2.05) is 36.4 Å². The highest BCUT2D eigenvalue weighted by Crippen LogP contribution is 2.25. The van der Waals surface area contributed by atoms with Crippen molar-refractivity contribution in [1.29, 1.82) is 0 Å². The van der Waals surface area contributed by atoms with Gasteiger partial charge in [-0.25, -0.2) is 4.79 Å². The summed E-state index contributed by atoms with van der Waals surface area (Å²) >= 11 is 0. The Morgan fingerprint density at radius 2 is 1.15 bits per heavy atom. The minimum atomic E-state index is -0.345. The van der Waals surface area contributed by atoms with Gasteiger partial charge in [0.25, 0.3) is 0 Å². The Kier molecular flexibility index (Phi) is 14.9. The Bertz CT molecular complexity index is 799. The molecule has 3 heteroatoms. The first-order valence-electron chi connectivity index (χ1n) is 13.8. The fourth-order valence-corrected chi connectivity index (χ4v) is 4.24. The predicted molar refractivity (Wildman–Crippen MR) is 143 cm³/mol. The third-order valence-electron chi connectivity index (χ3n) is 6.34. The van der Waals surface area contributed by atoms with Crippen LogP contribution in [-0.2, 0) is 6.42 Å². The van der Waals surface area contributed by atoms with Gasteiger partial charge in [-0.05, 0) is 43.0 Å². The predicted octanol–water partition coefficient (Wildman–Crippen LogP) is 9.33. The zero-order valence-electron chi connectivity index (χ0n) is 21.7. The van der Waals surface area contributed by atoms with E-state index in [0.717, 1.165) is 24.8 Å². The molecule has 0 fully saturated rings. The number of hydrogen-bond acceptors (Lipinski definition) is 3. The number of unbranched alkanes of at least 4 members (excludes halogenated alkanes) is 12. The molecule has 0 spiro atoms. The van der Waals surface area contributed by atoms with Crippen molar-refractivity contribution >= 4 is 5.97 Å². The van der Waals surface area contributed by atoms with Gasteiger partial charge in [0.2, 0.25) is 0 Å². The van der Waals surface area contributed by atoms with Crippen molar-refractivity contribution in [3.8, 4) is 11.5 Å². The van der Waals surface area contributed by atoms with Crippen LogP contribution in [0.3, 0.4) is 0 Å². The molecule has 2 aromatic rings. The van der Waals surface area contributed by atoms with Crippen LogP contribution in [0.25, 0.3) is 0 Å². The molecule has 2 aromatic carbocycles.